The monoisotopic (exact) mass is 267 g/mol. The summed E-state index contributed by atoms with van der Waals surface area (Å²) in [6, 6.07) is 12.5. The average molecular weight is 267 g/mol. The van der Waals surface area contributed by atoms with Crippen LogP contribution in [0.15, 0.2) is 42.6 Å². The molecule has 4 heteroatoms. The van der Waals surface area contributed by atoms with Gasteiger partial charge in [-0.1, -0.05) is 29.5 Å². The summed E-state index contributed by atoms with van der Waals surface area (Å²) in [7, 11) is 0. The maximum Gasteiger partial charge on any atom is 0.143 e. The molecule has 1 aliphatic rings. The fourth-order valence-electron chi connectivity index (χ4n) is 2.58. The van der Waals surface area contributed by atoms with Crippen LogP contribution in [0.5, 0.6) is 0 Å². The predicted octanol–water partition coefficient (Wildman–Crippen LogP) is 3.44. The van der Waals surface area contributed by atoms with E-state index in [1.807, 2.05) is 18.3 Å². The number of para-hydroxylation sites is 1. The molecule has 1 aliphatic heterocycles. The number of hydrogen-bond acceptors (Lipinski definition) is 4. The SMILES string of the molecule is c1ccc2c(c1)CC(c1nc3cccnc3s1)CN2. The summed E-state index contributed by atoms with van der Waals surface area (Å²) in [6.07, 6.45) is 2.89. The van der Waals surface area contributed by atoms with Crippen LogP contribution in [0.25, 0.3) is 10.3 Å². The van der Waals surface area contributed by atoms with Crippen molar-refractivity contribution in [1.29, 1.82) is 0 Å². The van der Waals surface area contributed by atoms with Gasteiger partial charge < -0.3 is 5.32 Å². The third-order valence-electron chi connectivity index (χ3n) is 3.55. The van der Waals surface area contributed by atoms with Crippen LogP contribution >= 0.6 is 11.3 Å². The zero-order valence-electron chi connectivity index (χ0n) is 10.3. The topological polar surface area (TPSA) is 37.8 Å². The van der Waals surface area contributed by atoms with Crippen LogP contribution in [-0.2, 0) is 6.42 Å². The van der Waals surface area contributed by atoms with E-state index >= 15 is 0 Å². The van der Waals surface area contributed by atoms with Gasteiger partial charge in [0.2, 0.25) is 0 Å². The maximum atomic E-state index is 4.73. The maximum absolute atomic E-state index is 4.73. The minimum Gasteiger partial charge on any atom is -0.384 e. The molecule has 0 bridgehead atoms. The highest BCUT2D eigenvalue weighted by Gasteiger charge is 2.22. The Kier molecular flexibility index (Phi) is 2.48. The molecule has 3 aromatic rings. The molecule has 3 heterocycles. The smallest absolute Gasteiger partial charge is 0.143 e. The molecule has 0 radical (unpaired) electrons. The molecule has 1 unspecified atom stereocenters. The van der Waals surface area contributed by atoms with Crippen LogP contribution < -0.4 is 5.32 Å². The molecule has 1 N–H and O–H groups in total. The molecule has 1 atom stereocenters. The first-order valence-corrected chi connectivity index (χ1v) is 7.25. The van der Waals surface area contributed by atoms with Crippen LogP contribution in [-0.4, -0.2) is 16.5 Å². The number of thiazole rings is 1. The van der Waals surface area contributed by atoms with E-state index in [0.717, 1.165) is 23.3 Å². The molecule has 2 aromatic heterocycles. The van der Waals surface area contributed by atoms with Gasteiger partial charge in [0.05, 0.1) is 0 Å². The Balaban J connectivity index is 1.70. The van der Waals surface area contributed by atoms with Crippen LogP contribution in [0.3, 0.4) is 0 Å². The van der Waals surface area contributed by atoms with E-state index in [0.29, 0.717) is 5.92 Å². The summed E-state index contributed by atoms with van der Waals surface area (Å²) in [5, 5.41) is 4.69. The normalized spacial score (nSPS) is 18.0. The molecule has 0 spiro atoms. The van der Waals surface area contributed by atoms with Crippen molar-refractivity contribution >= 4 is 27.4 Å². The molecule has 94 valence electrons. The highest BCUT2D eigenvalue weighted by Crippen LogP contribution is 2.33. The number of nitrogens with zero attached hydrogens (tertiary/aromatic N) is 2. The summed E-state index contributed by atoms with van der Waals surface area (Å²) in [5.41, 5.74) is 3.66. The largest absolute Gasteiger partial charge is 0.384 e. The van der Waals surface area contributed by atoms with Gasteiger partial charge in [-0.3, -0.25) is 0 Å². The van der Waals surface area contributed by atoms with Gasteiger partial charge in [-0.15, -0.1) is 0 Å². The second kappa shape index (κ2) is 4.31. The lowest BCUT2D eigenvalue weighted by molar-refractivity contribution is 0.691. The fourth-order valence-corrected chi connectivity index (χ4v) is 3.58. The summed E-state index contributed by atoms with van der Waals surface area (Å²) in [4.78, 5) is 10.1. The molecule has 0 amide bonds. The van der Waals surface area contributed by atoms with Crippen LogP contribution in [0.2, 0.25) is 0 Å². The van der Waals surface area contributed by atoms with Crippen molar-refractivity contribution in [3.63, 3.8) is 0 Å². The van der Waals surface area contributed by atoms with Crippen molar-refractivity contribution in [3.8, 4) is 0 Å². The quantitative estimate of drug-likeness (QED) is 0.734. The van der Waals surface area contributed by atoms with E-state index in [1.165, 1.54) is 16.3 Å². The fraction of sp³-hybridized carbons (Fsp3) is 0.200. The van der Waals surface area contributed by atoms with Gasteiger partial charge in [-0.25, -0.2) is 9.97 Å². The molecule has 0 fully saturated rings. The summed E-state index contributed by atoms with van der Waals surface area (Å²) in [6.45, 7) is 0.955. The zero-order chi connectivity index (χ0) is 12.7. The first-order valence-electron chi connectivity index (χ1n) is 6.43. The van der Waals surface area contributed by atoms with Crippen LogP contribution in [0.1, 0.15) is 16.5 Å². The van der Waals surface area contributed by atoms with Crippen LogP contribution in [0, 0.1) is 0 Å². The third-order valence-corrected chi connectivity index (χ3v) is 4.70. The average Bonchev–Trinajstić information content (AvgIpc) is 2.90. The Morgan fingerprint density at radius 2 is 2.11 bits per heavy atom. The summed E-state index contributed by atoms with van der Waals surface area (Å²) >= 11 is 1.72. The lowest BCUT2D eigenvalue weighted by atomic mass is 9.94. The number of benzene rings is 1. The van der Waals surface area contributed by atoms with E-state index in [-0.39, 0.29) is 0 Å². The second-order valence-electron chi connectivity index (χ2n) is 4.82. The van der Waals surface area contributed by atoms with E-state index in [4.69, 9.17) is 4.98 Å². The highest BCUT2D eigenvalue weighted by atomic mass is 32.1. The predicted molar refractivity (Wildman–Crippen MR) is 78.8 cm³/mol. The number of nitrogens with one attached hydrogen (secondary N) is 1. The molecule has 0 saturated heterocycles. The van der Waals surface area contributed by atoms with E-state index in [1.54, 1.807) is 11.3 Å². The molecule has 4 rings (SSSR count). The lowest BCUT2D eigenvalue weighted by Crippen LogP contribution is -2.21. The molecule has 1 aromatic carbocycles. The molecule has 0 saturated carbocycles. The number of anilines is 1. The number of hydrogen-bond donors (Lipinski definition) is 1. The molecular weight excluding hydrogens is 254 g/mol. The Morgan fingerprint density at radius 1 is 1.16 bits per heavy atom. The number of pyridine rings is 1. The molecule has 0 aliphatic carbocycles. The minimum absolute atomic E-state index is 0.453. The van der Waals surface area contributed by atoms with Gasteiger partial charge in [-0.05, 0) is 30.2 Å². The number of rotatable bonds is 1. The lowest BCUT2D eigenvalue weighted by Gasteiger charge is -2.24. The molecular formula is C15H13N3S. The molecule has 19 heavy (non-hydrogen) atoms. The van der Waals surface area contributed by atoms with Gasteiger partial charge in [-0.2, -0.15) is 0 Å². The Morgan fingerprint density at radius 3 is 3.05 bits per heavy atom. The third kappa shape index (κ3) is 1.88. The van der Waals surface area contributed by atoms with Crippen molar-refractivity contribution in [1.82, 2.24) is 9.97 Å². The Bertz CT molecular complexity index is 702. The van der Waals surface area contributed by atoms with Crippen molar-refractivity contribution < 1.29 is 0 Å². The standard InChI is InChI=1S/C15H13N3S/c1-2-5-12-10(4-1)8-11(9-17-12)14-18-13-6-3-7-16-15(13)19-14/h1-7,11,17H,8-9H2. The van der Waals surface area contributed by atoms with Gasteiger partial charge in [0.25, 0.3) is 0 Å². The number of aromatic nitrogens is 2. The summed E-state index contributed by atoms with van der Waals surface area (Å²) in [5.74, 6) is 0.453. The van der Waals surface area contributed by atoms with Crippen molar-refractivity contribution in [3.05, 3.63) is 53.2 Å². The minimum atomic E-state index is 0.453. The van der Waals surface area contributed by atoms with Gasteiger partial charge in [0.15, 0.2) is 0 Å². The Hall–Kier alpha value is -1.94. The van der Waals surface area contributed by atoms with Crippen molar-refractivity contribution in [2.75, 3.05) is 11.9 Å². The van der Waals surface area contributed by atoms with E-state index in [2.05, 4.69) is 34.6 Å². The summed E-state index contributed by atoms with van der Waals surface area (Å²) < 4.78 is 0. The van der Waals surface area contributed by atoms with E-state index in [9.17, 15) is 0 Å². The van der Waals surface area contributed by atoms with Gasteiger partial charge in [0, 0.05) is 24.3 Å². The first kappa shape index (κ1) is 10.9. The second-order valence-corrected chi connectivity index (χ2v) is 5.83. The zero-order valence-corrected chi connectivity index (χ0v) is 11.2. The van der Waals surface area contributed by atoms with Crippen molar-refractivity contribution in [2.24, 2.45) is 0 Å². The first-order chi connectivity index (χ1) is 9.40. The Labute approximate surface area is 115 Å². The van der Waals surface area contributed by atoms with Gasteiger partial charge in [0.1, 0.15) is 15.4 Å². The van der Waals surface area contributed by atoms with Crippen LogP contribution in [0.4, 0.5) is 5.69 Å². The van der Waals surface area contributed by atoms with Crippen molar-refractivity contribution in [2.45, 2.75) is 12.3 Å². The highest BCUT2D eigenvalue weighted by molar-refractivity contribution is 7.18. The van der Waals surface area contributed by atoms with Gasteiger partial charge >= 0.3 is 0 Å². The number of fused-ring (bicyclic) bond motifs is 2. The van der Waals surface area contributed by atoms with E-state index < -0.39 is 0 Å². The molecule has 3 nitrogen and oxygen atoms in total.